The minimum Gasteiger partial charge on any atom is -0.377 e. The van der Waals surface area contributed by atoms with Crippen molar-refractivity contribution in [1.29, 1.82) is 0 Å². The van der Waals surface area contributed by atoms with Crippen molar-refractivity contribution in [3.05, 3.63) is 11.6 Å². The zero-order valence-corrected chi connectivity index (χ0v) is 15.9. The Morgan fingerprint density at radius 1 is 1.20 bits per heavy atom. The number of nitrogens with zero attached hydrogens (tertiary/aromatic N) is 2. The van der Waals surface area contributed by atoms with Crippen LogP contribution in [0.1, 0.15) is 57.8 Å². The molecule has 0 aromatic heterocycles. The maximum atomic E-state index is 5.36. The van der Waals surface area contributed by atoms with Gasteiger partial charge in [0.2, 0.25) is 0 Å². The number of nitrogens with one attached hydrogen (secondary N) is 2. The van der Waals surface area contributed by atoms with Crippen molar-refractivity contribution in [2.24, 2.45) is 4.99 Å². The van der Waals surface area contributed by atoms with Gasteiger partial charge in [-0.15, -0.1) is 0 Å². The standard InChI is InChI=1S/C20H36N4O/c1-21-20(22-12-7-17-10-15-25-16-11-17)23-18-8-13-24(14-9-18)19-5-3-2-4-6-19/h10,18-19H,2-9,11-16H2,1H3,(H2,21,22,23). The minimum absolute atomic E-state index is 0.563. The second-order valence-electron chi connectivity index (χ2n) is 7.68. The molecular formula is C20H36N4O. The number of aliphatic imine (C=N–C) groups is 1. The normalized spacial score (nSPS) is 24.8. The molecule has 3 rings (SSSR count). The first-order valence-electron chi connectivity index (χ1n) is 10.3. The van der Waals surface area contributed by atoms with Crippen LogP contribution in [0.3, 0.4) is 0 Å². The molecule has 25 heavy (non-hydrogen) atoms. The Kier molecular flexibility index (Phi) is 7.61. The molecule has 2 aliphatic heterocycles. The summed E-state index contributed by atoms with van der Waals surface area (Å²) < 4.78 is 5.36. The lowest BCUT2D eigenvalue weighted by Crippen LogP contribution is -2.51. The van der Waals surface area contributed by atoms with Crippen LogP contribution in [0.25, 0.3) is 0 Å². The molecule has 0 aromatic rings. The molecule has 0 unspecified atom stereocenters. The zero-order valence-electron chi connectivity index (χ0n) is 15.9. The van der Waals surface area contributed by atoms with Gasteiger partial charge in [-0.3, -0.25) is 4.99 Å². The SMILES string of the molecule is CN=C(NCCC1=CCOCC1)NC1CCN(C2CCCCC2)CC1. The lowest BCUT2D eigenvalue weighted by molar-refractivity contribution is 0.119. The third-order valence-electron chi connectivity index (χ3n) is 5.98. The average Bonchev–Trinajstić information content (AvgIpc) is 2.69. The molecule has 2 heterocycles. The molecule has 0 atom stereocenters. The molecule has 0 spiro atoms. The molecule has 1 saturated heterocycles. The first-order valence-corrected chi connectivity index (χ1v) is 10.3. The fraction of sp³-hybridized carbons (Fsp3) is 0.850. The Morgan fingerprint density at radius 2 is 2.00 bits per heavy atom. The van der Waals surface area contributed by atoms with E-state index in [1.807, 2.05) is 7.05 Å². The van der Waals surface area contributed by atoms with Crippen LogP contribution in [0, 0.1) is 0 Å². The molecule has 0 bridgehead atoms. The summed E-state index contributed by atoms with van der Waals surface area (Å²) in [5.41, 5.74) is 1.51. The molecule has 2 fully saturated rings. The van der Waals surface area contributed by atoms with Gasteiger partial charge in [0.05, 0.1) is 13.2 Å². The Morgan fingerprint density at radius 3 is 2.68 bits per heavy atom. The molecular weight excluding hydrogens is 312 g/mol. The molecule has 2 N–H and O–H groups in total. The number of ether oxygens (including phenoxy) is 1. The number of rotatable bonds is 5. The minimum atomic E-state index is 0.563. The predicted octanol–water partition coefficient (Wildman–Crippen LogP) is 2.69. The van der Waals surface area contributed by atoms with Gasteiger partial charge in [-0.25, -0.2) is 0 Å². The van der Waals surface area contributed by atoms with Gasteiger partial charge in [0.1, 0.15) is 0 Å². The summed E-state index contributed by atoms with van der Waals surface area (Å²) in [6, 6.07) is 1.42. The second kappa shape index (κ2) is 10.2. The van der Waals surface area contributed by atoms with Gasteiger partial charge in [-0.05, 0) is 38.5 Å². The van der Waals surface area contributed by atoms with E-state index in [9.17, 15) is 0 Å². The quantitative estimate of drug-likeness (QED) is 0.456. The van der Waals surface area contributed by atoms with E-state index >= 15 is 0 Å². The van der Waals surface area contributed by atoms with E-state index in [1.165, 1.54) is 63.6 Å². The zero-order chi connectivity index (χ0) is 17.3. The summed E-state index contributed by atoms with van der Waals surface area (Å²) in [4.78, 5) is 7.15. The van der Waals surface area contributed by atoms with E-state index in [0.717, 1.165) is 44.6 Å². The van der Waals surface area contributed by atoms with E-state index in [4.69, 9.17) is 4.74 Å². The summed E-state index contributed by atoms with van der Waals surface area (Å²) in [6.45, 7) is 5.09. The average molecular weight is 349 g/mol. The highest BCUT2D eigenvalue weighted by Crippen LogP contribution is 2.25. The van der Waals surface area contributed by atoms with Crippen molar-refractivity contribution >= 4 is 5.96 Å². The number of piperidine rings is 1. The maximum Gasteiger partial charge on any atom is 0.191 e. The van der Waals surface area contributed by atoms with Crippen LogP contribution in [0.4, 0.5) is 0 Å². The third-order valence-corrected chi connectivity index (χ3v) is 5.98. The second-order valence-corrected chi connectivity index (χ2v) is 7.68. The summed E-state index contributed by atoms with van der Waals surface area (Å²) in [6.07, 6.45) is 14.0. The molecule has 142 valence electrons. The van der Waals surface area contributed by atoms with E-state index in [0.29, 0.717) is 6.04 Å². The first kappa shape index (κ1) is 18.7. The first-order chi connectivity index (χ1) is 12.3. The van der Waals surface area contributed by atoms with E-state index in [1.54, 1.807) is 0 Å². The molecule has 1 saturated carbocycles. The highest BCUT2D eigenvalue weighted by atomic mass is 16.5. The molecule has 1 aliphatic carbocycles. The topological polar surface area (TPSA) is 48.9 Å². The van der Waals surface area contributed by atoms with Crippen molar-refractivity contribution in [2.75, 3.05) is 39.9 Å². The number of guanidine groups is 1. The van der Waals surface area contributed by atoms with Crippen molar-refractivity contribution in [2.45, 2.75) is 69.9 Å². The summed E-state index contributed by atoms with van der Waals surface area (Å²) >= 11 is 0. The van der Waals surface area contributed by atoms with Gasteiger partial charge >= 0.3 is 0 Å². The van der Waals surface area contributed by atoms with Gasteiger partial charge in [0.15, 0.2) is 5.96 Å². The van der Waals surface area contributed by atoms with Gasteiger partial charge in [-0.2, -0.15) is 0 Å². The van der Waals surface area contributed by atoms with E-state index < -0.39 is 0 Å². The summed E-state index contributed by atoms with van der Waals surface area (Å²) in [7, 11) is 1.88. The fourth-order valence-corrected chi connectivity index (χ4v) is 4.38. The van der Waals surface area contributed by atoms with Crippen LogP contribution >= 0.6 is 0 Å². The van der Waals surface area contributed by atoms with Crippen LogP contribution < -0.4 is 10.6 Å². The largest absolute Gasteiger partial charge is 0.377 e. The molecule has 0 radical (unpaired) electrons. The Labute approximate surface area is 153 Å². The molecule has 0 amide bonds. The van der Waals surface area contributed by atoms with Crippen LogP contribution in [0.5, 0.6) is 0 Å². The molecule has 5 heteroatoms. The van der Waals surface area contributed by atoms with Crippen LogP contribution in [-0.2, 0) is 4.74 Å². The third kappa shape index (κ3) is 6.00. The number of hydrogen-bond donors (Lipinski definition) is 2. The van der Waals surface area contributed by atoms with Crippen molar-refractivity contribution < 1.29 is 4.74 Å². The molecule has 0 aromatic carbocycles. The maximum absolute atomic E-state index is 5.36. The number of likely N-dealkylation sites (tertiary alicyclic amines) is 1. The Hall–Kier alpha value is -1.07. The van der Waals surface area contributed by atoms with Crippen molar-refractivity contribution in [3.63, 3.8) is 0 Å². The summed E-state index contributed by atoms with van der Waals surface area (Å²) in [5, 5.41) is 7.12. The highest BCUT2D eigenvalue weighted by Gasteiger charge is 2.26. The van der Waals surface area contributed by atoms with Gasteiger partial charge in [0, 0.05) is 38.8 Å². The molecule has 3 aliphatic rings. The summed E-state index contributed by atoms with van der Waals surface area (Å²) in [5.74, 6) is 0.962. The van der Waals surface area contributed by atoms with Crippen LogP contribution in [-0.4, -0.2) is 62.8 Å². The van der Waals surface area contributed by atoms with Gasteiger partial charge in [0.25, 0.3) is 0 Å². The Balaban J connectivity index is 1.34. The van der Waals surface area contributed by atoms with Crippen LogP contribution in [0.2, 0.25) is 0 Å². The number of hydrogen-bond acceptors (Lipinski definition) is 3. The molecule has 5 nitrogen and oxygen atoms in total. The van der Waals surface area contributed by atoms with E-state index in [-0.39, 0.29) is 0 Å². The van der Waals surface area contributed by atoms with Crippen molar-refractivity contribution in [3.8, 4) is 0 Å². The van der Waals surface area contributed by atoms with Gasteiger partial charge < -0.3 is 20.3 Å². The Bertz CT molecular complexity index is 449. The van der Waals surface area contributed by atoms with E-state index in [2.05, 4.69) is 26.6 Å². The lowest BCUT2D eigenvalue weighted by Gasteiger charge is -2.39. The highest BCUT2D eigenvalue weighted by molar-refractivity contribution is 5.79. The predicted molar refractivity (Wildman–Crippen MR) is 104 cm³/mol. The lowest BCUT2D eigenvalue weighted by atomic mass is 9.92. The van der Waals surface area contributed by atoms with Crippen molar-refractivity contribution in [1.82, 2.24) is 15.5 Å². The monoisotopic (exact) mass is 348 g/mol. The van der Waals surface area contributed by atoms with Gasteiger partial charge in [-0.1, -0.05) is 30.9 Å². The fourth-order valence-electron chi connectivity index (χ4n) is 4.38. The van der Waals surface area contributed by atoms with Crippen LogP contribution in [0.15, 0.2) is 16.6 Å². The smallest absolute Gasteiger partial charge is 0.191 e.